The van der Waals surface area contributed by atoms with Crippen molar-refractivity contribution in [2.75, 3.05) is 0 Å². The van der Waals surface area contributed by atoms with Gasteiger partial charge in [-0.1, -0.05) is 18.2 Å². The van der Waals surface area contributed by atoms with E-state index in [2.05, 4.69) is 0 Å². The van der Waals surface area contributed by atoms with Gasteiger partial charge in [-0.2, -0.15) is 0 Å². The molecule has 0 aliphatic carbocycles. The van der Waals surface area contributed by atoms with Crippen molar-refractivity contribution in [2.24, 2.45) is 5.73 Å². The summed E-state index contributed by atoms with van der Waals surface area (Å²) < 4.78 is 10.9. The molecule has 2 aromatic carbocycles. The molecule has 106 valence electrons. The van der Waals surface area contributed by atoms with Crippen LogP contribution >= 0.6 is 0 Å². The van der Waals surface area contributed by atoms with Crippen LogP contribution in [0.4, 0.5) is 0 Å². The molecular formula is C16H13NO4. The molecule has 0 spiro atoms. The highest BCUT2D eigenvalue weighted by molar-refractivity contribution is 5.94. The number of nitrogens with two attached hydrogens (primary N) is 1. The fraction of sp³-hybridized carbons (Fsp3) is 0.125. The van der Waals surface area contributed by atoms with Crippen LogP contribution in [0.5, 0.6) is 5.75 Å². The summed E-state index contributed by atoms with van der Waals surface area (Å²) in [6, 6.07) is 11.0. The molecule has 0 saturated carbocycles. The second-order valence-corrected chi connectivity index (χ2v) is 4.77. The van der Waals surface area contributed by atoms with Crippen molar-refractivity contribution in [2.45, 2.75) is 13.0 Å². The van der Waals surface area contributed by atoms with Gasteiger partial charge in [0.2, 0.25) is 5.43 Å². The van der Waals surface area contributed by atoms with Crippen molar-refractivity contribution < 1.29 is 13.9 Å². The average molecular weight is 283 g/mol. The van der Waals surface area contributed by atoms with Gasteiger partial charge in [0.1, 0.15) is 28.3 Å². The number of carbonyl (C=O) groups is 1. The number of carbonyl (C=O) groups excluding carboxylic acids is 1. The first-order valence-corrected chi connectivity index (χ1v) is 6.50. The lowest BCUT2D eigenvalue weighted by Crippen LogP contribution is -2.31. The molecule has 0 aliphatic rings. The summed E-state index contributed by atoms with van der Waals surface area (Å²) in [4.78, 5) is 24.2. The molecule has 1 atom stereocenters. The third kappa shape index (κ3) is 2.28. The summed E-state index contributed by atoms with van der Waals surface area (Å²) in [6.07, 6.45) is 0. The van der Waals surface area contributed by atoms with Crippen molar-refractivity contribution in [1.82, 2.24) is 0 Å². The molecule has 0 aliphatic heterocycles. The van der Waals surface area contributed by atoms with Gasteiger partial charge >= 0.3 is 5.97 Å². The Kier molecular flexibility index (Phi) is 3.19. The van der Waals surface area contributed by atoms with E-state index in [0.29, 0.717) is 16.6 Å². The number of benzene rings is 2. The number of hydrogen-bond acceptors (Lipinski definition) is 5. The molecule has 1 aromatic heterocycles. The van der Waals surface area contributed by atoms with E-state index in [1.807, 2.05) is 0 Å². The summed E-state index contributed by atoms with van der Waals surface area (Å²) in [6.45, 7) is 1.52. The molecule has 21 heavy (non-hydrogen) atoms. The summed E-state index contributed by atoms with van der Waals surface area (Å²) in [5.74, 6) is -0.440. The Morgan fingerprint density at radius 2 is 1.86 bits per heavy atom. The third-order valence-corrected chi connectivity index (χ3v) is 3.15. The zero-order valence-corrected chi connectivity index (χ0v) is 11.3. The van der Waals surface area contributed by atoms with Crippen molar-refractivity contribution in [3.63, 3.8) is 0 Å². The largest absolute Gasteiger partial charge is 0.456 e. The summed E-state index contributed by atoms with van der Waals surface area (Å²) in [5.41, 5.74) is 6.10. The van der Waals surface area contributed by atoms with Crippen LogP contribution in [-0.2, 0) is 4.79 Å². The van der Waals surface area contributed by atoms with Crippen LogP contribution < -0.4 is 15.9 Å². The van der Waals surface area contributed by atoms with Gasteiger partial charge in [-0.15, -0.1) is 0 Å². The Morgan fingerprint density at radius 1 is 1.14 bits per heavy atom. The number of rotatable bonds is 2. The summed E-state index contributed by atoms with van der Waals surface area (Å²) in [7, 11) is 0. The lowest BCUT2D eigenvalue weighted by molar-refractivity contribution is -0.135. The summed E-state index contributed by atoms with van der Waals surface area (Å²) in [5, 5.41) is 0.680. The SMILES string of the molecule is C[C@H](N)C(=O)Oc1cccc2oc3ccccc3c(=O)c12. The highest BCUT2D eigenvalue weighted by atomic mass is 16.5. The first-order chi connectivity index (χ1) is 10.1. The minimum absolute atomic E-state index is 0.161. The van der Waals surface area contributed by atoms with Crippen LogP contribution in [-0.4, -0.2) is 12.0 Å². The lowest BCUT2D eigenvalue weighted by Gasteiger charge is -2.09. The predicted molar refractivity (Wildman–Crippen MR) is 79.3 cm³/mol. The molecule has 0 amide bonds. The minimum atomic E-state index is -0.771. The number of esters is 1. The second kappa shape index (κ2) is 5.03. The van der Waals surface area contributed by atoms with Crippen molar-refractivity contribution in [3.05, 3.63) is 52.7 Å². The van der Waals surface area contributed by atoms with E-state index in [4.69, 9.17) is 14.9 Å². The molecule has 1 heterocycles. The van der Waals surface area contributed by atoms with Crippen LogP contribution in [0.15, 0.2) is 51.7 Å². The van der Waals surface area contributed by atoms with Crippen LogP contribution in [0, 0.1) is 0 Å². The van der Waals surface area contributed by atoms with Gasteiger partial charge in [-0.25, -0.2) is 4.79 Å². The van der Waals surface area contributed by atoms with Crippen LogP contribution in [0.25, 0.3) is 21.9 Å². The van der Waals surface area contributed by atoms with Gasteiger partial charge in [0, 0.05) is 0 Å². The van der Waals surface area contributed by atoms with E-state index >= 15 is 0 Å². The molecule has 3 rings (SSSR count). The number of ether oxygens (including phenoxy) is 1. The molecule has 0 radical (unpaired) electrons. The van der Waals surface area contributed by atoms with Gasteiger partial charge in [-0.05, 0) is 31.2 Å². The maximum atomic E-state index is 12.6. The zero-order chi connectivity index (χ0) is 15.0. The first-order valence-electron chi connectivity index (χ1n) is 6.50. The predicted octanol–water partition coefficient (Wildman–Crippen LogP) is 2.20. The van der Waals surface area contributed by atoms with E-state index in [0.717, 1.165) is 0 Å². The van der Waals surface area contributed by atoms with E-state index < -0.39 is 12.0 Å². The Hall–Kier alpha value is -2.66. The molecule has 3 aromatic rings. The molecule has 2 N–H and O–H groups in total. The highest BCUT2D eigenvalue weighted by Crippen LogP contribution is 2.26. The van der Waals surface area contributed by atoms with Gasteiger partial charge in [-0.3, -0.25) is 4.79 Å². The van der Waals surface area contributed by atoms with Gasteiger partial charge < -0.3 is 14.9 Å². The number of fused-ring (bicyclic) bond motifs is 2. The van der Waals surface area contributed by atoms with Crippen LogP contribution in [0.3, 0.4) is 0 Å². The van der Waals surface area contributed by atoms with Crippen molar-refractivity contribution >= 4 is 27.9 Å². The lowest BCUT2D eigenvalue weighted by atomic mass is 10.1. The molecule has 5 nitrogen and oxygen atoms in total. The summed E-state index contributed by atoms with van der Waals surface area (Å²) >= 11 is 0. The molecular weight excluding hydrogens is 270 g/mol. The first kappa shape index (κ1) is 13.3. The van der Waals surface area contributed by atoms with Crippen molar-refractivity contribution in [3.8, 4) is 5.75 Å². The van der Waals surface area contributed by atoms with Crippen LogP contribution in [0.2, 0.25) is 0 Å². The number of para-hydroxylation sites is 1. The fourth-order valence-electron chi connectivity index (χ4n) is 2.10. The maximum Gasteiger partial charge on any atom is 0.328 e. The Bertz CT molecular complexity index is 896. The topological polar surface area (TPSA) is 82.5 Å². The molecule has 0 bridgehead atoms. The van der Waals surface area contributed by atoms with Gasteiger partial charge in [0.15, 0.2) is 0 Å². The molecule has 0 fully saturated rings. The second-order valence-electron chi connectivity index (χ2n) is 4.77. The standard InChI is InChI=1S/C16H13NO4/c1-9(17)16(19)21-13-8-4-7-12-14(13)15(18)10-5-2-3-6-11(10)20-12/h2-9H,17H2,1H3/t9-/m0/s1. The Balaban J connectivity index is 2.29. The van der Waals surface area contributed by atoms with Crippen LogP contribution in [0.1, 0.15) is 6.92 Å². The monoisotopic (exact) mass is 283 g/mol. The van der Waals surface area contributed by atoms with Gasteiger partial charge in [0.05, 0.1) is 5.39 Å². The highest BCUT2D eigenvalue weighted by Gasteiger charge is 2.16. The molecule has 0 unspecified atom stereocenters. The maximum absolute atomic E-state index is 12.6. The van der Waals surface area contributed by atoms with E-state index in [9.17, 15) is 9.59 Å². The third-order valence-electron chi connectivity index (χ3n) is 3.15. The smallest absolute Gasteiger partial charge is 0.328 e. The van der Waals surface area contributed by atoms with E-state index in [1.54, 1.807) is 42.5 Å². The molecule has 0 saturated heterocycles. The average Bonchev–Trinajstić information content (AvgIpc) is 2.47. The van der Waals surface area contributed by atoms with E-state index in [-0.39, 0.29) is 16.6 Å². The Labute approximate surface area is 119 Å². The zero-order valence-electron chi connectivity index (χ0n) is 11.3. The number of hydrogen-bond donors (Lipinski definition) is 1. The van der Waals surface area contributed by atoms with E-state index in [1.165, 1.54) is 6.92 Å². The fourth-order valence-corrected chi connectivity index (χ4v) is 2.10. The minimum Gasteiger partial charge on any atom is -0.456 e. The normalized spacial score (nSPS) is 12.5. The van der Waals surface area contributed by atoms with Gasteiger partial charge in [0.25, 0.3) is 0 Å². The quantitative estimate of drug-likeness (QED) is 0.443. The van der Waals surface area contributed by atoms with Crippen molar-refractivity contribution in [1.29, 1.82) is 0 Å². The molecule has 5 heteroatoms. The Morgan fingerprint density at radius 3 is 2.62 bits per heavy atom.